The number of benzene rings is 2. The van der Waals surface area contributed by atoms with Crippen LogP contribution in [-0.4, -0.2) is 30.6 Å². The van der Waals surface area contributed by atoms with E-state index in [2.05, 4.69) is 0 Å². The van der Waals surface area contributed by atoms with Crippen LogP contribution in [0, 0.1) is 0 Å². The molecule has 0 spiro atoms. The molecule has 0 aromatic heterocycles. The van der Waals surface area contributed by atoms with Gasteiger partial charge >= 0.3 is 5.91 Å². The fourth-order valence-corrected chi connectivity index (χ4v) is 2.63. The molecule has 0 saturated carbocycles. The van der Waals surface area contributed by atoms with Gasteiger partial charge in [0.05, 0.1) is 25.0 Å². The molecule has 2 amide bonds. The summed E-state index contributed by atoms with van der Waals surface area (Å²) in [6.07, 6.45) is 0. The normalized spacial score (nSPS) is 14.2. The molecule has 0 aliphatic carbocycles. The van der Waals surface area contributed by atoms with Gasteiger partial charge in [0.1, 0.15) is 11.5 Å². The number of hydrogen-bond acceptors (Lipinski definition) is 5. The van der Waals surface area contributed by atoms with E-state index >= 15 is 0 Å². The molecule has 25 heavy (non-hydrogen) atoms. The maximum atomic E-state index is 12.7. The van der Waals surface area contributed by atoms with Crippen LogP contribution in [-0.2, 0) is 9.59 Å². The van der Waals surface area contributed by atoms with Crippen LogP contribution >= 0.6 is 0 Å². The summed E-state index contributed by atoms with van der Waals surface area (Å²) in [5.41, 5.74) is 0.792. The summed E-state index contributed by atoms with van der Waals surface area (Å²) in [6, 6.07) is 13.1. The summed E-state index contributed by atoms with van der Waals surface area (Å²) in [5, 5.41) is 10.2. The van der Waals surface area contributed by atoms with Gasteiger partial charge in [-0.3, -0.25) is 9.59 Å². The zero-order valence-electron chi connectivity index (χ0n) is 13.9. The second kappa shape index (κ2) is 6.68. The van der Waals surface area contributed by atoms with Crippen molar-refractivity contribution in [2.75, 3.05) is 18.6 Å². The Labute approximate surface area is 144 Å². The van der Waals surface area contributed by atoms with E-state index in [0.29, 0.717) is 29.4 Å². The Bertz CT molecular complexity index is 837. The molecule has 2 aromatic carbocycles. The number of anilines is 1. The molecule has 0 bridgehead atoms. The summed E-state index contributed by atoms with van der Waals surface area (Å²) in [7, 11) is 1.53. The first-order valence-electron chi connectivity index (χ1n) is 7.76. The summed E-state index contributed by atoms with van der Waals surface area (Å²) in [6.45, 7) is 2.38. The number of imide groups is 1. The van der Waals surface area contributed by atoms with Gasteiger partial charge in [0.25, 0.3) is 5.91 Å². The molecule has 1 aliphatic rings. The molecule has 1 N–H and O–H groups in total. The number of nitrogens with zero attached hydrogens (tertiary/aromatic N) is 1. The Morgan fingerprint density at radius 3 is 2.08 bits per heavy atom. The van der Waals surface area contributed by atoms with Crippen molar-refractivity contribution >= 4 is 23.1 Å². The predicted molar refractivity (Wildman–Crippen MR) is 92.6 cm³/mol. The molecule has 0 saturated heterocycles. The van der Waals surface area contributed by atoms with Crippen molar-refractivity contribution in [1.82, 2.24) is 0 Å². The molecule has 0 fully saturated rings. The highest BCUT2D eigenvalue weighted by molar-refractivity contribution is 6.44. The second-order valence-corrected chi connectivity index (χ2v) is 5.32. The van der Waals surface area contributed by atoms with E-state index in [1.54, 1.807) is 48.5 Å². The van der Waals surface area contributed by atoms with Crippen LogP contribution in [0.3, 0.4) is 0 Å². The van der Waals surface area contributed by atoms with Crippen molar-refractivity contribution in [1.29, 1.82) is 0 Å². The first kappa shape index (κ1) is 16.6. The van der Waals surface area contributed by atoms with Crippen molar-refractivity contribution < 1.29 is 24.2 Å². The van der Waals surface area contributed by atoms with Crippen LogP contribution in [0.2, 0.25) is 0 Å². The molecule has 1 aliphatic heterocycles. The first-order valence-corrected chi connectivity index (χ1v) is 7.76. The maximum absolute atomic E-state index is 12.7. The van der Waals surface area contributed by atoms with Crippen LogP contribution in [0.4, 0.5) is 5.69 Å². The third-order valence-electron chi connectivity index (χ3n) is 3.84. The molecule has 3 rings (SSSR count). The Hall–Kier alpha value is -3.28. The van der Waals surface area contributed by atoms with Crippen molar-refractivity contribution in [2.45, 2.75) is 6.92 Å². The minimum atomic E-state index is -0.750. The van der Waals surface area contributed by atoms with E-state index in [0.717, 1.165) is 4.90 Å². The van der Waals surface area contributed by atoms with Crippen molar-refractivity contribution in [2.24, 2.45) is 0 Å². The minimum absolute atomic E-state index is 0.0264. The molecule has 0 unspecified atom stereocenters. The van der Waals surface area contributed by atoms with E-state index in [4.69, 9.17) is 9.47 Å². The van der Waals surface area contributed by atoms with Gasteiger partial charge in [0.15, 0.2) is 5.76 Å². The lowest BCUT2D eigenvalue weighted by Gasteiger charge is -2.15. The number of carbonyl (C=O) groups excluding carboxylic acids is 2. The molecular formula is C19H17NO5. The molecule has 1 heterocycles. The van der Waals surface area contributed by atoms with Gasteiger partial charge in [-0.15, -0.1) is 0 Å². The monoisotopic (exact) mass is 339 g/mol. The maximum Gasteiger partial charge on any atom is 0.301 e. The highest BCUT2D eigenvalue weighted by Crippen LogP contribution is 2.33. The number of aliphatic hydroxyl groups excluding tert-OH is 1. The Balaban J connectivity index is 1.92. The highest BCUT2D eigenvalue weighted by Gasteiger charge is 2.40. The molecule has 0 radical (unpaired) electrons. The van der Waals surface area contributed by atoms with E-state index < -0.39 is 17.6 Å². The first-order chi connectivity index (χ1) is 12.1. The lowest BCUT2D eigenvalue weighted by Crippen LogP contribution is -2.31. The van der Waals surface area contributed by atoms with Gasteiger partial charge in [-0.05, 0) is 48.9 Å². The highest BCUT2D eigenvalue weighted by atomic mass is 16.5. The van der Waals surface area contributed by atoms with Gasteiger partial charge in [-0.2, -0.15) is 0 Å². The van der Waals surface area contributed by atoms with Gasteiger partial charge in [-0.1, -0.05) is 12.1 Å². The van der Waals surface area contributed by atoms with Gasteiger partial charge in [0.2, 0.25) is 0 Å². The predicted octanol–water partition coefficient (Wildman–Crippen LogP) is 2.94. The summed E-state index contributed by atoms with van der Waals surface area (Å²) < 4.78 is 10.4. The quantitative estimate of drug-likeness (QED) is 0.848. The molecule has 128 valence electrons. The van der Waals surface area contributed by atoms with Crippen molar-refractivity contribution in [3.63, 3.8) is 0 Å². The van der Waals surface area contributed by atoms with Gasteiger partial charge in [-0.25, -0.2) is 4.90 Å². The fraction of sp³-hybridized carbons (Fsp3) is 0.158. The third kappa shape index (κ3) is 2.94. The third-order valence-corrected chi connectivity index (χ3v) is 3.84. The lowest BCUT2D eigenvalue weighted by molar-refractivity contribution is -0.121. The van der Waals surface area contributed by atoms with E-state index in [-0.39, 0.29) is 5.57 Å². The topological polar surface area (TPSA) is 76.1 Å². The number of aliphatic hydroxyl groups is 1. The van der Waals surface area contributed by atoms with Crippen LogP contribution < -0.4 is 14.4 Å². The Morgan fingerprint density at radius 1 is 0.920 bits per heavy atom. The van der Waals surface area contributed by atoms with E-state index in [1.165, 1.54) is 7.11 Å². The lowest BCUT2D eigenvalue weighted by atomic mass is 10.1. The van der Waals surface area contributed by atoms with Crippen molar-refractivity contribution in [3.8, 4) is 11.5 Å². The number of amides is 2. The van der Waals surface area contributed by atoms with E-state index in [9.17, 15) is 14.7 Å². The van der Waals surface area contributed by atoms with Crippen LogP contribution in [0.25, 0.3) is 5.57 Å². The smallest absolute Gasteiger partial charge is 0.301 e. The zero-order valence-corrected chi connectivity index (χ0v) is 13.9. The number of rotatable bonds is 5. The average molecular weight is 339 g/mol. The van der Waals surface area contributed by atoms with Crippen LogP contribution in [0.15, 0.2) is 54.3 Å². The number of ether oxygens (including phenoxy) is 2. The van der Waals surface area contributed by atoms with Crippen molar-refractivity contribution in [3.05, 3.63) is 59.9 Å². The summed E-state index contributed by atoms with van der Waals surface area (Å²) >= 11 is 0. The molecule has 2 aromatic rings. The SMILES string of the molecule is CCOc1ccc(N2C(=O)C(O)=C(c3ccc(OC)cc3)C2=O)cc1. The number of methoxy groups -OCH3 is 1. The second-order valence-electron chi connectivity index (χ2n) is 5.32. The van der Waals surface area contributed by atoms with Crippen LogP contribution in [0.1, 0.15) is 12.5 Å². The summed E-state index contributed by atoms with van der Waals surface area (Å²) in [5.74, 6) is -0.636. The number of carbonyl (C=O) groups is 2. The fourth-order valence-electron chi connectivity index (χ4n) is 2.63. The minimum Gasteiger partial charge on any atom is -0.502 e. The zero-order chi connectivity index (χ0) is 18.0. The Morgan fingerprint density at radius 2 is 1.52 bits per heavy atom. The van der Waals surface area contributed by atoms with Gasteiger partial charge in [0, 0.05) is 0 Å². The van der Waals surface area contributed by atoms with Crippen LogP contribution in [0.5, 0.6) is 11.5 Å². The molecular weight excluding hydrogens is 322 g/mol. The average Bonchev–Trinajstić information content (AvgIpc) is 2.85. The van der Waals surface area contributed by atoms with Gasteiger partial charge < -0.3 is 14.6 Å². The summed E-state index contributed by atoms with van der Waals surface area (Å²) in [4.78, 5) is 26.0. The molecule has 0 atom stereocenters. The Kier molecular flexibility index (Phi) is 4.43. The molecule has 6 heteroatoms. The standard InChI is InChI=1S/C19H17NO5/c1-3-25-15-10-6-13(7-11-15)20-18(22)16(17(21)19(20)23)12-4-8-14(24-2)9-5-12/h4-11,21H,3H2,1-2H3. The molecule has 6 nitrogen and oxygen atoms in total. The largest absolute Gasteiger partial charge is 0.502 e. The van der Waals surface area contributed by atoms with E-state index in [1.807, 2.05) is 6.92 Å². The number of hydrogen-bond donors (Lipinski definition) is 1.